The molecule has 0 atom stereocenters. The van der Waals surface area contributed by atoms with Crippen LogP contribution in [0.15, 0.2) is 51.7 Å². The Kier molecular flexibility index (Phi) is 6.91. The van der Waals surface area contributed by atoms with Crippen LogP contribution in [0.2, 0.25) is 0 Å². The van der Waals surface area contributed by atoms with Gasteiger partial charge in [0.25, 0.3) is 0 Å². The lowest BCUT2D eigenvalue weighted by Gasteiger charge is -2.22. The first-order valence-electron chi connectivity index (χ1n) is 9.08. The zero-order valence-electron chi connectivity index (χ0n) is 16.6. The number of nitrogens with one attached hydrogen (secondary N) is 1. The predicted octanol–water partition coefficient (Wildman–Crippen LogP) is 5.28. The van der Waals surface area contributed by atoms with E-state index in [0.29, 0.717) is 6.54 Å². The van der Waals surface area contributed by atoms with Gasteiger partial charge in [-0.3, -0.25) is 0 Å². The first-order chi connectivity index (χ1) is 13.9. The van der Waals surface area contributed by atoms with Crippen LogP contribution in [0.4, 0.5) is 10.5 Å². The Balaban J connectivity index is 1.68. The third kappa shape index (κ3) is 5.83. The molecule has 0 aliphatic rings. The molecule has 29 heavy (non-hydrogen) atoms. The number of carbonyl (C=O) groups is 1. The lowest BCUT2D eigenvalue weighted by atomic mass is 10.1. The van der Waals surface area contributed by atoms with Gasteiger partial charge in [0, 0.05) is 17.1 Å². The van der Waals surface area contributed by atoms with Crippen LogP contribution in [0.25, 0.3) is 0 Å². The molecule has 1 aromatic heterocycles. The molecule has 0 unspecified atom stereocenters. The number of terminal acetylenes is 1. The molecule has 5 nitrogen and oxygen atoms in total. The van der Waals surface area contributed by atoms with Gasteiger partial charge in [-0.2, -0.15) is 0 Å². The van der Waals surface area contributed by atoms with E-state index < -0.39 is 0 Å². The molecule has 1 N–H and O–H groups in total. The molecule has 0 radical (unpaired) electrons. The monoisotopic (exact) mass is 422 g/mol. The van der Waals surface area contributed by atoms with Crippen LogP contribution in [-0.4, -0.2) is 27.7 Å². The highest BCUT2D eigenvalue weighted by atomic mass is 32.2. The molecule has 3 rings (SSSR count). The Labute approximate surface area is 179 Å². The summed E-state index contributed by atoms with van der Waals surface area (Å²) in [7, 11) is 0. The standard InChI is InChI=1S/C22H22N4OS2/c1-5-12-26(14-18-8-6-15(2)7-9-18)21(27)23-20-11-10-19(13-16(20)3)29-22-25-24-17(4)28-22/h1,6-11,13H,12,14H2,2-4H3,(H,23,27). The maximum atomic E-state index is 12.8. The van der Waals surface area contributed by atoms with Gasteiger partial charge < -0.3 is 10.2 Å². The summed E-state index contributed by atoms with van der Waals surface area (Å²) in [4.78, 5) is 15.5. The van der Waals surface area contributed by atoms with Crippen molar-refractivity contribution in [2.45, 2.75) is 36.6 Å². The van der Waals surface area contributed by atoms with E-state index in [1.54, 1.807) is 28.0 Å². The van der Waals surface area contributed by atoms with Crippen molar-refractivity contribution in [3.05, 3.63) is 64.2 Å². The van der Waals surface area contributed by atoms with Crippen LogP contribution in [0.5, 0.6) is 0 Å². The second-order valence-electron chi connectivity index (χ2n) is 6.64. The predicted molar refractivity (Wildman–Crippen MR) is 119 cm³/mol. The molecule has 3 aromatic rings. The first-order valence-corrected chi connectivity index (χ1v) is 10.7. The van der Waals surface area contributed by atoms with E-state index in [2.05, 4.69) is 21.4 Å². The van der Waals surface area contributed by atoms with Gasteiger partial charge in [-0.15, -0.1) is 16.6 Å². The molecule has 0 saturated heterocycles. The summed E-state index contributed by atoms with van der Waals surface area (Å²) in [6.45, 7) is 6.63. The van der Waals surface area contributed by atoms with Crippen molar-refractivity contribution >= 4 is 34.8 Å². The van der Waals surface area contributed by atoms with E-state index in [1.165, 1.54) is 5.56 Å². The van der Waals surface area contributed by atoms with Crippen LogP contribution in [0.1, 0.15) is 21.7 Å². The molecule has 0 saturated carbocycles. The van der Waals surface area contributed by atoms with Crippen LogP contribution in [0.3, 0.4) is 0 Å². The quantitative estimate of drug-likeness (QED) is 0.549. The Hall–Kier alpha value is -2.82. The molecular weight excluding hydrogens is 400 g/mol. The number of nitrogens with zero attached hydrogens (tertiary/aromatic N) is 3. The number of aryl methyl sites for hydroxylation is 3. The number of hydrogen-bond donors (Lipinski definition) is 1. The Morgan fingerprint density at radius 2 is 1.93 bits per heavy atom. The van der Waals surface area contributed by atoms with Crippen molar-refractivity contribution in [1.82, 2.24) is 15.1 Å². The van der Waals surface area contributed by atoms with Gasteiger partial charge in [0.05, 0.1) is 6.54 Å². The Morgan fingerprint density at radius 3 is 2.55 bits per heavy atom. The maximum absolute atomic E-state index is 12.8. The number of aromatic nitrogens is 2. The van der Waals surface area contributed by atoms with Crippen LogP contribution in [-0.2, 0) is 6.54 Å². The van der Waals surface area contributed by atoms with Crippen LogP contribution >= 0.6 is 23.1 Å². The second-order valence-corrected chi connectivity index (χ2v) is 9.14. The highest BCUT2D eigenvalue weighted by Gasteiger charge is 2.15. The average molecular weight is 423 g/mol. The van der Waals surface area contributed by atoms with Gasteiger partial charge in [-0.1, -0.05) is 58.8 Å². The number of urea groups is 1. The smallest absolute Gasteiger partial charge is 0.309 e. The van der Waals surface area contributed by atoms with Gasteiger partial charge in [-0.05, 0) is 50.1 Å². The molecule has 0 aliphatic heterocycles. The van der Waals surface area contributed by atoms with Crippen LogP contribution in [0, 0.1) is 33.1 Å². The van der Waals surface area contributed by atoms with E-state index >= 15 is 0 Å². The van der Waals surface area contributed by atoms with Crippen molar-refractivity contribution in [3.8, 4) is 12.3 Å². The normalized spacial score (nSPS) is 10.4. The molecule has 148 valence electrons. The zero-order chi connectivity index (χ0) is 20.8. The lowest BCUT2D eigenvalue weighted by molar-refractivity contribution is 0.216. The molecule has 7 heteroatoms. The molecule has 0 bridgehead atoms. The lowest BCUT2D eigenvalue weighted by Crippen LogP contribution is -2.35. The maximum Gasteiger partial charge on any atom is 0.322 e. The molecule has 2 amide bonds. The van der Waals surface area contributed by atoms with Crippen molar-refractivity contribution in [3.63, 3.8) is 0 Å². The summed E-state index contributed by atoms with van der Waals surface area (Å²) >= 11 is 3.12. The third-order valence-electron chi connectivity index (χ3n) is 4.22. The van der Waals surface area contributed by atoms with E-state index in [4.69, 9.17) is 6.42 Å². The molecule has 0 fully saturated rings. The molecule has 0 spiro atoms. The highest BCUT2D eigenvalue weighted by molar-refractivity contribution is 8.01. The van der Waals surface area contributed by atoms with Gasteiger partial charge in [-0.25, -0.2) is 4.79 Å². The summed E-state index contributed by atoms with van der Waals surface area (Å²) in [5, 5.41) is 12.1. The largest absolute Gasteiger partial charge is 0.322 e. The molecule has 1 heterocycles. The van der Waals surface area contributed by atoms with Gasteiger partial charge in [0.15, 0.2) is 4.34 Å². The minimum Gasteiger partial charge on any atom is -0.309 e. The fourth-order valence-corrected chi connectivity index (χ4v) is 4.57. The fraction of sp³-hybridized carbons (Fsp3) is 0.227. The Morgan fingerprint density at radius 1 is 1.17 bits per heavy atom. The number of anilines is 1. The number of rotatable bonds is 6. The highest BCUT2D eigenvalue weighted by Crippen LogP contribution is 2.32. The summed E-state index contributed by atoms with van der Waals surface area (Å²) in [5.74, 6) is 2.57. The fourth-order valence-electron chi connectivity index (χ4n) is 2.68. The molecule has 0 aliphatic carbocycles. The van der Waals surface area contributed by atoms with Crippen LogP contribution < -0.4 is 5.32 Å². The van der Waals surface area contributed by atoms with Gasteiger partial charge in [0.2, 0.25) is 0 Å². The summed E-state index contributed by atoms with van der Waals surface area (Å²) in [6.07, 6.45) is 5.48. The number of carbonyl (C=O) groups excluding carboxylic acids is 1. The topological polar surface area (TPSA) is 58.1 Å². The van der Waals surface area contributed by atoms with Gasteiger partial charge >= 0.3 is 6.03 Å². The third-order valence-corrected chi connectivity index (χ3v) is 6.09. The SMILES string of the molecule is C#CCN(Cc1ccc(C)cc1)C(=O)Nc1ccc(Sc2nnc(C)s2)cc1C. The summed E-state index contributed by atoms with van der Waals surface area (Å²) < 4.78 is 0.900. The minimum atomic E-state index is -0.216. The van der Waals surface area contributed by atoms with Crippen molar-refractivity contribution in [2.75, 3.05) is 11.9 Å². The van der Waals surface area contributed by atoms with Gasteiger partial charge in [0.1, 0.15) is 5.01 Å². The molecular formula is C22H22N4OS2. The number of amides is 2. The first kappa shape index (κ1) is 20.9. The summed E-state index contributed by atoms with van der Waals surface area (Å²) in [5.41, 5.74) is 3.95. The van der Waals surface area contributed by atoms with E-state index in [0.717, 1.165) is 31.1 Å². The van der Waals surface area contributed by atoms with Crippen molar-refractivity contribution in [2.24, 2.45) is 0 Å². The molecule has 2 aromatic carbocycles. The van der Waals surface area contributed by atoms with Crippen molar-refractivity contribution in [1.29, 1.82) is 0 Å². The van der Waals surface area contributed by atoms with Crippen molar-refractivity contribution < 1.29 is 4.79 Å². The van der Waals surface area contributed by atoms with E-state index in [9.17, 15) is 4.79 Å². The van der Waals surface area contributed by atoms with E-state index in [1.807, 2.05) is 63.2 Å². The second kappa shape index (κ2) is 9.59. The number of benzene rings is 2. The Bertz CT molecular complexity index is 1040. The van der Waals surface area contributed by atoms with E-state index in [-0.39, 0.29) is 12.6 Å². The minimum absolute atomic E-state index is 0.216. The summed E-state index contributed by atoms with van der Waals surface area (Å²) in [6, 6.07) is 13.8. The zero-order valence-corrected chi connectivity index (χ0v) is 18.2. The number of hydrogen-bond acceptors (Lipinski definition) is 5. The average Bonchev–Trinajstić information content (AvgIpc) is 3.10.